The number of methoxy groups -OCH3 is 1. The smallest absolute Gasteiger partial charge is 0.253 e. The summed E-state index contributed by atoms with van der Waals surface area (Å²) in [5.74, 6) is 2.39. The first-order valence-electron chi connectivity index (χ1n) is 5.60. The molecule has 6 nitrogen and oxygen atoms in total. The maximum absolute atomic E-state index is 5.52. The SMILES string of the molecule is COc1cccc(OCc2nnc(CCN)o2)c1. The molecule has 0 spiro atoms. The Kier molecular flexibility index (Phi) is 4.14. The summed E-state index contributed by atoms with van der Waals surface area (Å²) in [4.78, 5) is 0. The van der Waals surface area contributed by atoms with E-state index in [2.05, 4.69) is 10.2 Å². The van der Waals surface area contributed by atoms with Crippen LogP contribution in [0.15, 0.2) is 28.7 Å². The predicted molar refractivity (Wildman–Crippen MR) is 64.4 cm³/mol. The summed E-state index contributed by atoms with van der Waals surface area (Å²) in [7, 11) is 1.61. The highest BCUT2D eigenvalue weighted by Crippen LogP contribution is 2.19. The second-order valence-electron chi connectivity index (χ2n) is 3.60. The molecular formula is C12H15N3O3. The molecule has 0 aliphatic carbocycles. The van der Waals surface area contributed by atoms with E-state index in [1.807, 2.05) is 18.2 Å². The molecule has 1 aromatic heterocycles. The van der Waals surface area contributed by atoms with Crippen molar-refractivity contribution >= 4 is 0 Å². The van der Waals surface area contributed by atoms with Gasteiger partial charge in [-0.1, -0.05) is 6.07 Å². The number of hydrogen-bond acceptors (Lipinski definition) is 6. The molecule has 0 aliphatic rings. The Morgan fingerprint density at radius 3 is 2.78 bits per heavy atom. The summed E-state index contributed by atoms with van der Waals surface area (Å²) in [5, 5.41) is 7.71. The van der Waals surface area contributed by atoms with Gasteiger partial charge in [-0.2, -0.15) is 0 Å². The van der Waals surface area contributed by atoms with Crippen molar-refractivity contribution in [3.63, 3.8) is 0 Å². The fraction of sp³-hybridized carbons (Fsp3) is 0.333. The first-order chi connectivity index (χ1) is 8.81. The van der Waals surface area contributed by atoms with E-state index in [0.29, 0.717) is 30.5 Å². The van der Waals surface area contributed by atoms with Crippen molar-refractivity contribution in [1.29, 1.82) is 0 Å². The molecule has 0 bridgehead atoms. The van der Waals surface area contributed by atoms with Crippen molar-refractivity contribution in [3.8, 4) is 11.5 Å². The standard InChI is InChI=1S/C12H15N3O3/c1-16-9-3-2-4-10(7-9)17-8-12-15-14-11(18-12)5-6-13/h2-4,7H,5-6,8,13H2,1H3. The maximum Gasteiger partial charge on any atom is 0.253 e. The zero-order chi connectivity index (χ0) is 12.8. The van der Waals surface area contributed by atoms with E-state index in [4.69, 9.17) is 19.6 Å². The molecule has 0 aliphatic heterocycles. The largest absolute Gasteiger partial charge is 0.497 e. The number of benzene rings is 1. The summed E-state index contributed by atoms with van der Waals surface area (Å²) < 4.78 is 16.0. The lowest BCUT2D eigenvalue weighted by molar-refractivity contribution is 0.258. The van der Waals surface area contributed by atoms with Gasteiger partial charge in [0.05, 0.1) is 7.11 Å². The van der Waals surface area contributed by atoms with Crippen molar-refractivity contribution in [1.82, 2.24) is 10.2 Å². The number of hydrogen-bond donors (Lipinski definition) is 1. The van der Waals surface area contributed by atoms with Gasteiger partial charge in [-0.25, -0.2) is 0 Å². The van der Waals surface area contributed by atoms with Gasteiger partial charge < -0.3 is 19.6 Å². The van der Waals surface area contributed by atoms with E-state index in [0.717, 1.165) is 5.75 Å². The highest BCUT2D eigenvalue weighted by Gasteiger charge is 2.06. The minimum Gasteiger partial charge on any atom is -0.497 e. The van der Waals surface area contributed by atoms with Gasteiger partial charge in [-0.05, 0) is 12.1 Å². The summed E-state index contributed by atoms with van der Waals surface area (Å²) in [6.07, 6.45) is 0.576. The van der Waals surface area contributed by atoms with E-state index in [1.165, 1.54) is 0 Å². The highest BCUT2D eigenvalue weighted by molar-refractivity contribution is 5.32. The van der Waals surface area contributed by atoms with E-state index >= 15 is 0 Å². The summed E-state index contributed by atoms with van der Waals surface area (Å²) in [6, 6.07) is 7.32. The summed E-state index contributed by atoms with van der Waals surface area (Å²) >= 11 is 0. The number of rotatable bonds is 6. The molecule has 0 unspecified atom stereocenters. The van der Waals surface area contributed by atoms with Crippen LogP contribution in [-0.4, -0.2) is 23.9 Å². The molecular weight excluding hydrogens is 234 g/mol. The third-order valence-corrected chi connectivity index (χ3v) is 2.27. The van der Waals surface area contributed by atoms with Gasteiger partial charge in [-0.3, -0.25) is 0 Å². The van der Waals surface area contributed by atoms with Crippen LogP contribution >= 0.6 is 0 Å². The van der Waals surface area contributed by atoms with Crippen LogP contribution in [-0.2, 0) is 13.0 Å². The molecule has 18 heavy (non-hydrogen) atoms. The maximum atomic E-state index is 5.52. The lowest BCUT2D eigenvalue weighted by Crippen LogP contribution is -2.02. The topological polar surface area (TPSA) is 83.4 Å². The molecule has 0 atom stereocenters. The van der Waals surface area contributed by atoms with Crippen LogP contribution in [0.5, 0.6) is 11.5 Å². The minimum atomic E-state index is 0.227. The Balaban J connectivity index is 1.93. The van der Waals surface area contributed by atoms with E-state index < -0.39 is 0 Å². The highest BCUT2D eigenvalue weighted by atomic mass is 16.5. The average Bonchev–Trinajstić information content (AvgIpc) is 2.85. The van der Waals surface area contributed by atoms with E-state index in [1.54, 1.807) is 13.2 Å². The van der Waals surface area contributed by atoms with Gasteiger partial charge in [0.2, 0.25) is 5.89 Å². The zero-order valence-electron chi connectivity index (χ0n) is 10.1. The summed E-state index contributed by atoms with van der Waals surface area (Å²) in [5.41, 5.74) is 5.39. The van der Waals surface area contributed by atoms with Crippen LogP contribution in [0.25, 0.3) is 0 Å². The Morgan fingerprint density at radius 1 is 1.22 bits per heavy atom. The van der Waals surface area contributed by atoms with Crippen LogP contribution in [0.2, 0.25) is 0 Å². The molecule has 1 heterocycles. The molecule has 0 radical (unpaired) electrons. The fourth-order valence-corrected chi connectivity index (χ4v) is 1.41. The second-order valence-corrected chi connectivity index (χ2v) is 3.60. The molecule has 2 rings (SSSR count). The predicted octanol–water partition coefficient (Wildman–Crippen LogP) is 1.16. The van der Waals surface area contributed by atoms with E-state index in [-0.39, 0.29) is 6.61 Å². The van der Waals surface area contributed by atoms with Gasteiger partial charge >= 0.3 is 0 Å². The van der Waals surface area contributed by atoms with Crippen molar-refractivity contribution in [2.75, 3.05) is 13.7 Å². The molecule has 0 saturated heterocycles. The van der Waals surface area contributed by atoms with Crippen molar-refractivity contribution < 1.29 is 13.9 Å². The Morgan fingerprint density at radius 2 is 2.00 bits per heavy atom. The average molecular weight is 249 g/mol. The monoisotopic (exact) mass is 249 g/mol. The van der Waals surface area contributed by atoms with E-state index in [9.17, 15) is 0 Å². The van der Waals surface area contributed by atoms with Gasteiger partial charge in [-0.15, -0.1) is 10.2 Å². The minimum absolute atomic E-state index is 0.227. The quantitative estimate of drug-likeness (QED) is 0.827. The molecule has 2 aromatic rings. The van der Waals surface area contributed by atoms with Gasteiger partial charge in [0, 0.05) is 19.0 Å². The number of ether oxygens (including phenoxy) is 2. The lowest BCUT2D eigenvalue weighted by Gasteiger charge is -2.05. The van der Waals surface area contributed by atoms with Gasteiger partial charge in [0.15, 0.2) is 6.61 Å². The lowest BCUT2D eigenvalue weighted by atomic mass is 10.3. The molecule has 1 aromatic carbocycles. The molecule has 0 saturated carbocycles. The van der Waals surface area contributed by atoms with Gasteiger partial charge in [0.25, 0.3) is 5.89 Å². The van der Waals surface area contributed by atoms with Crippen molar-refractivity contribution in [2.45, 2.75) is 13.0 Å². The number of nitrogens with zero attached hydrogens (tertiary/aromatic N) is 2. The second kappa shape index (κ2) is 6.02. The number of nitrogens with two attached hydrogens (primary N) is 1. The molecule has 6 heteroatoms. The van der Waals surface area contributed by atoms with Crippen LogP contribution in [0.1, 0.15) is 11.8 Å². The van der Waals surface area contributed by atoms with Crippen LogP contribution in [0, 0.1) is 0 Å². The Bertz CT molecular complexity index is 499. The molecule has 96 valence electrons. The Labute approximate surface area is 105 Å². The molecule has 0 amide bonds. The van der Waals surface area contributed by atoms with Gasteiger partial charge in [0.1, 0.15) is 11.5 Å². The van der Waals surface area contributed by atoms with Crippen LogP contribution in [0.4, 0.5) is 0 Å². The van der Waals surface area contributed by atoms with Crippen molar-refractivity contribution in [3.05, 3.63) is 36.0 Å². The summed E-state index contributed by atoms with van der Waals surface area (Å²) in [6.45, 7) is 0.711. The first kappa shape index (κ1) is 12.4. The van der Waals surface area contributed by atoms with Crippen LogP contribution < -0.4 is 15.2 Å². The fourth-order valence-electron chi connectivity index (χ4n) is 1.41. The zero-order valence-corrected chi connectivity index (χ0v) is 10.1. The Hall–Kier alpha value is -2.08. The van der Waals surface area contributed by atoms with Crippen molar-refractivity contribution in [2.24, 2.45) is 5.73 Å². The third kappa shape index (κ3) is 3.21. The number of aromatic nitrogens is 2. The third-order valence-electron chi connectivity index (χ3n) is 2.27. The molecule has 0 fully saturated rings. The van der Waals surface area contributed by atoms with Crippen LogP contribution in [0.3, 0.4) is 0 Å². The first-order valence-corrected chi connectivity index (χ1v) is 5.60. The molecule has 2 N–H and O–H groups in total. The normalized spacial score (nSPS) is 10.3.